The number of hydrogen-bond acceptors (Lipinski definition) is 3. The molecule has 0 spiro atoms. The Kier molecular flexibility index (Phi) is 6.53. The summed E-state index contributed by atoms with van der Waals surface area (Å²) < 4.78 is 11.8. The van der Waals surface area contributed by atoms with Gasteiger partial charge in [0.25, 0.3) is 5.91 Å². The molecule has 0 bridgehead atoms. The SMILES string of the molecule is CCC(Oc1ccc(C)c(C)c1)C(=O)NCCOc1cccc2ccccc12. The van der Waals surface area contributed by atoms with E-state index in [9.17, 15) is 4.79 Å². The van der Waals surface area contributed by atoms with Gasteiger partial charge in [0.2, 0.25) is 0 Å². The van der Waals surface area contributed by atoms with E-state index >= 15 is 0 Å². The summed E-state index contributed by atoms with van der Waals surface area (Å²) in [4.78, 5) is 12.5. The molecule has 3 aromatic carbocycles. The van der Waals surface area contributed by atoms with Gasteiger partial charge in [0.05, 0.1) is 6.54 Å². The Hall–Kier alpha value is -3.01. The Morgan fingerprint density at radius 2 is 1.79 bits per heavy atom. The highest BCUT2D eigenvalue weighted by Crippen LogP contribution is 2.25. The van der Waals surface area contributed by atoms with Crippen molar-refractivity contribution >= 4 is 16.7 Å². The van der Waals surface area contributed by atoms with Crippen molar-refractivity contribution in [3.8, 4) is 11.5 Å². The second kappa shape index (κ2) is 9.27. The molecule has 3 rings (SSSR count). The molecule has 3 aromatic rings. The minimum atomic E-state index is -0.514. The fourth-order valence-electron chi connectivity index (χ4n) is 3.04. The van der Waals surface area contributed by atoms with Gasteiger partial charge in [-0.1, -0.05) is 49.4 Å². The van der Waals surface area contributed by atoms with Gasteiger partial charge < -0.3 is 14.8 Å². The molecular weight excluding hydrogens is 350 g/mol. The quantitative estimate of drug-likeness (QED) is 0.573. The van der Waals surface area contributed by atoms with E-state index in [1.54, 1.807) is 0 Å². The van der Waals surface area contributed by atoms with E-state index < -0.39 is 6.10 Å². The number of nitrogens with one attached hydrogen (secondary N) is 1. The molecule has 4 heteroatoms. The average Bonchev–Trinajstić information content (AvgIpc) is 2.71. The molecule has 1 N–H and O–H groups in total. The van der Waals surface area contributed by atoms with Crippen molar-refractivity contribution in [1.82, 2.24) is 5.32 Å². The van der Waals surface area contributed by atoms with E-state index in [2.05, 4.69) is 24.4 Å². The van der Waals surface area contributed by atoms with Gasteiger partial charge in [0, 0.05) is 5.39 Å². The van der Waals surface area contributed by atoms with Crippen LogP contribution in [0.3, 0.4) is 0 Å². The number of rotatable bonds is 8. The summed E-state index contributed by atoms with van der Waals surface area (Å²) in [6.45, 7) is 6.86. The Bertz CT molecular complexity index is 946. The third-order valence-corrected chi connectivity index (χ3v) is 4.83. The molecule has 0 aliphatic heterocycles. The van der Waals surface area contributed by atoms with Gasteiger partial charge in [-0.2, -0.15) is 0 Å². The smallest absolute Gasteiger partial charge is 0.261 e. The van der Waals surface area contributed by atoms with Crippen LogP contribution in [0.5, 0.6) is 11.5 Å². The molecule has 0 radical (unpaired) electrons. The zero-order valence-corrected chi connectivity index (χ0v) is 16.7. The van der Waals surface area contributed by atoms with Crippen molar-refractivity contribution in [1.29, 1.82) is 0 Å². The van der Waals surface area contributed by atoms with E-state index in [-0.39, 0.29) is 5.91 Å². The van der Waals surface area contributed by atoms with Crippen LogP contribution in [-0.4, -0.2) is 25.2 Å². The number of hydrogen-bond donors (Lipinski definition) is 1. The first kappa shape index (κ1) is 19.7. The minimum Gasteiger partial charge on any atom is -0.491 e. The molecular formula is C24H27NO3. The van der Waals surface area contributed by atoms with Crippen molar-refractivity contribution in [2.75, 3.05) is 13.2 Å². The van der Waals surface area contributed by atoms with Gasteiger partial charge in [0.1, 0.15) is 18.1 Å². The molecule has 4 nitrogen and oxygen atoms in total. The van der Waals surface area contributed by atoms with Gasteiger partial charge in [0.15, 0.2) is 6.10 Å². The third-order valence-electron chi connectivity index (χ3n) is 4.83. The van der Waals surface area contributed by atoms with Crippen LogP contribution in [-0.2, 0) is 4.79 Å². The first-order valence-corrected chi connectivity index (χ1v) is 9.70. The standard InChI is InChI=1S/C24H27NO3/c1-4-22(28-20-13-12-17(2)18(3)16-20)24(26)25-14-15-27-23-11-7-9-19-8-5-6-10-21(19)23/h5-13,16,22H,4,14-15H2,1-3H3,(H,25,26). The second-order valence-corrected chi connectivity index (χ2v) is 6.88. The van der Waals surface area contributed by atoms with Crippen LogP contribution < -0.4 is 14.8 Å². The predicted octanol–water partition coefficient (Wildman–Crippen LogP) is 4.81. The monoisotopic (exact) mass is 377 g/mol. The predicted molar refractivity (Wildman–Crippen MR) is 113 cm³/mol. The highest BCUT2D eigenvalue weighted by atomic mass is 16.5. The van der Waals surface area contributed by atoms with Crippen molar-refractivity contribution in [2.24, 2.45) is 0 Å². The van der Waals surface area contributed by atoms with Gasteiger partial charge >= 0.3 is 0 Å². The van der Waals surface area contributed by atoms with Crippen molar-refractivity contribution in [3.63, 3.8) is 0 Å². The summed E-state index contributed by atoms with van der Waals surface area (Å²) in [6, 6.07) is 19.9. The molecule has 0 saturated carbocycles. The summed E-state index contributed by atoms with van der Waals surface area (Å²) in [5, 5.41) is 5.12. The van der Waals surface area contributed by atoms with Crippen LogP contribution in [0, 0.1) is 13.8 Å². The number of carbonyl (C=O) groups is 1. The lowest BCUT2D eigenvalue weighted by molar-refractivity contribution is -0.128. The van der Waals surface area contributed by atoms with E-state index in [4.69, 9.17) is 9.47 Å². The van der Waals surface area contributed by atoms with Gasteiger partial charge in [-0.05, 0) is 55.0 Å². The van der Waals surface area contributed by atoms with Crippen LogP contribution in [0.4, 0.5) is 0 Å². The minimum absolute atomic E-state index is 0.123. The fourth-order valence-corrected chi connectivity index (χ4v) is 3.04. The number of carbonyl (C=O) groups excluding carboxylic acids is 1. The molecule has 1 atom stereocenters. The lowest BCUT2D eigenvalue weighted by Gasteiger charge is -2.18. The van der Waals surface area contributed by atoms with Crippen LogP contribution >= 0.6 is 0 Å². The molecule has 1 amide bonds. The Labute approximate surface area is 166 Å². The van der Waals surface area contributed by atoms with E-state index in [0.717, 1.165) is 27.8 Å². The van der Waals surface area contributed by atoms with E-state index in [1.807, 2.05) is 62.4 Å². The second-order valence-electron chi connectivity index (χ2n) is 6.88. The fraction of sp³-hybridized carbons (Fsp3) is 0.292. The van der Waals surface area contributed by atoms with Gasteiger partial charge in [-0.25, -0.2) is 0 Å². The molecule has 0 heterocycles. The maximum Gasteiger partial charge on any atom is 0.261 e. The summed E-state index contributed by atoms with van der Waals surface area (Å²) >= 11 is 0. The van der Waals surface area contributed by atoms with E-state index in [0.29, 0.717) is 19.6 Å². The van der Waals surface area contributed by atoms with Gasteiger partial charge in [-0.3, -0.25) is 4.79 Å². The number of fused-ring (bicyclic) bond motifs is 1. The molecule has 0 aliphatic carbocycles. The van der Waals surface area contributed by atoms with Crippen LogP contribution in [0.1, 0.15) is 24.5 Å². The lowest BCUT2D eigenvalue weighted by atomic mass is 10.1. The average molecular weight is 377 g/mol. The summed E-state index contributed by atoms with van der Waals surface area (Å²) in [7, 11) is 0. The Morgan fingerprint density at radius 3 is 2.57 bits per heavy atom. The highest BCUT2D eigenvalue weighted by Gasteiger charge is 2.18. The van der Waals surface area contributed by atoms with Crippen LogP contribution in [0.15, 0.2) is 60.7 Å². The molecule has 0 saturated heterocycles. The Balaban J connectivity index is 1.51. The summed E-state index contributed by atoms with van der Waals surface area (Å²) in [6.07, 6.45) is 0.0859. The van der Waals surface area contributed by atoms with Crippen LogP contribution in [0.25, 0.3) is 10.8 Å². The zero-order chi connectivity index (χ0) is 19.9. The molecule has 0 aromatic heterocycles. The first-order valence-electron chi connectivity index (χ1n) is 9.70. The molecule has 28 heavy (non-hydrogen) atoms. The van der Waals surface area contributed by atoms with Crippen molar-refractivity contribution in [3.05, 3.63) is 71.8 Å². The number of amides is 1. The maximum absolute atomic E-state index is 12.5. The van der Waals surface area contributed by atoms with Crippen LogP contribution in [0.2, 0.25) is 0 Å². The highest BCUT2D eigenvalue weighted by molar-refractivity contribution is 5.88. The van der Waals surface area contributed by atoms with Gasteiger partial charge in [-0.15, -0.1) is 0 Å². The molecule has 0 fully saturated rings. The Morgan fingerprint density at radius 1 is 1.00 bits per heavy atom. The normalized spacial score (nSPS) is 11.8. The first-order chi connectivity index (χ1) is 13.6. The summed E-state index contributed by atoms with van der Waals surface area (Å²) in [5.41, 5.74) is 2.35. The van der Waals surface area contributed by atoms with Crippen molar-refractivity contribution < 1.29 is 14.3 Å². The number of benzene rings is 3. The molecule has 146 valence electrons. The number of ether oxygens (including phenoxy) is 2. The third kappa shape index (κ3) is 4.83. The lowest BCUT2D eigenvalue weighted by Crippen LogP contribution is -2.39. The van der Waals surface area contributed by atoms with Crippen molar-refractivity contribution in [2.45, 2.75) is 33.3 Å². The number of aryl methyl sites for hydroxylation is 2. The maximum atomic E-state index is 12.5. The zero-order valence-electron chi connectivity index (χ0n) is 16.7. The molecule has 1 unspecified atom stereocenters. The van der Waals surface area contributed by atoms with E-state index in [1.165, 1.54) is 5.56 Å². The summed E-state index contributed by atoms with van der Waals surface area (Å²) in [5.74, 6) is 1.42. The molecule has 0 aliphatic rings. The largest absolute Gasteiger partial charge is 0.491 e. The topological polar surface area (TPSA) is 47.6 Å².